The monoisotopic (exact) mass is 518 g/mol. The van der Waals surface area contributed by atoms with Gasteiger partial charge in [-0.05, 0) is 105 Å². The van der Waals surface area contributed by atoms with Gasteiger partial charge in [-0.25, -0.2) is 0 Å². The van der Waals surface area contributed by atoms with Gasteiger partial charge in [-0.15, -0.1) is 0 Å². The smallest absolute Gasteiger partial charge is 0.303 e. The van der Waals surface area contributed by atoms with Crippen molar-refractivity contribution in [1.29, 1.82) is 0 Å². The molecule has 4 saturated carbocycles. The van der Waals surface area contributed by atoms with Crippen molar-refractivity contribution in [2.75, 3.05) is 0 Å². The Labute approximate surface area is 232 Å². The molecule has 0 heterocycles. The lowest BCUT2D eigenvalue weighted by Crippen LogP contribution is -2.37. The summed E-state index contributed by atoms with van der Waals surface area (Å²) in [7, 11) is 0. The lowest BCUT2D eigenvalue weighted by atomic mass is 9.59. The van der Waals surface area contributed by atoms with E-state index in [0.717, 1.165) is 62.5 Å². The highest BCUT2D eigenvalue weighted by atomic mass is 16.6. The normalized spacial score (nSPS) is 38.4. The summed E-state index contributed by atoms with van der Waals surface area (Å²) in [6.07, 6.45) is 12.5. The second kappa shape index (κ2) is 10.7. The summed E-state index contributed by atoms with van der Waals surface area (Å²) >= 11 is 0. The van der Waals surface area contributed by atoms with Gasteiger partial charge in [0, 0.05) is 34.9 Å². The summed E-state index contributed by atoms with van der Waals surface area (Å²) in [4.78, 5) is 23.4. The van der Waals surface area contributed by atoms with Crippen molar-refractivity contribution in [2.45, 2.75) is 129 Å². The third kappa shape index (κ3) is 6.41. The maximum atomic E-state index is 11.7. The number of hydrogen-bond donors (Lipinski definition) is 1. The molecule has 1 N–H and O–H groups in total. The van der Waals surface area contributed by atoms with Gasteiger partial charge in [-0.1, -0.05) is 37.6 Å². The van der Waals surface area contributed by atoms with Crippen LogP contribution in [0.1, 0.15) is 120 Å². The fourth-order valence-corrected chi connectivity index (χ4v) is 7.95. The summed E-state index contributed by atoms with van der Waals surface area (Å²) in [5, 5.41) is 10.8. The van der Waals surface area contributed by atoms with Crippen LogP contribution in [-0.4, -0.2) is 34.9 Å². The van der Waals surface area contributed by atoms with Crippen LogP contribution >= 0.6 is 0 Å². The van der Waals surface area contributed by atoms with Gasteiger partial charge in [-0.3, -0.25) is 9.59 Å². The minimum Gasteiger partial charge on any atom is -0.462 e. The Hall–Kier alpha value is -1.88. The molecular weight excluding hydrogens is 464 g/mol. The molecule has 0 saturated heterocycles. The molecule has 0 bridgehead atoms. The van der Waals surface area contributed by atoms with Gasteiger partial charge in [0.25, 0.3) is 0 Å². The van der Waals surface area contributed by atoms with Gasteiger partial charge < -0.3 is 14.6 Å². The number of hydrogen-bond acceptors (Lipinski definition) is 5. The number of aliphatic hydroxyl groups is 1. The quantitative estimate of drug-likeness (QED) is 0.351. The molecule has 4 aliphatic carbocycles. The standard InChI is InChI=1S/C32H48O5/c1-21-25(19-26(36-22(2)33)20-28(21)37-23(3)34)11-10-24-9-7-15-31(6)27(24)12-13-29(31)32(17-18-32)16-8-14-30(4,5)35/h10-11,26-29,35H,1,7-9,12-20H2,2-6H3/b24-10+,25-11-/t26?,27?,28-,29?,31-/m0/s1/i4D3,5D3. The van der Waals surface area contributed by atoms with Crippen molar-refractivity contribution in [3.63, 3.8) is 0 Å². The van der Waals surface area contributed by atoms with Crippen molar-refractivity contribution in [2.24, 2.45) is 22.7 Å². The average Bonchev–Trinajstić information content (AvgIpc) is 3.55. The Morgan fingerprint density at radius 2 is 1.89 bits per heavy atom. The molecule has 0 spiro atoms. The molecule has 0 aromatic rings. The number of ether oxygens (including phenoxy) is 2. The predicted octanol–water partition coefficient (Wildman–Crippen LogP) is 6.99. The zero-order chi connectivity index (χ0) is 32.0. The first-order valence-electron chi connectivity index (χ1n) is 17.0. The van der Waals surface area contributed by atoms with E-state index in [4.69, 9.17) is 17.7 Å². The van der Waals surface area contributed by atoms with E-state index in [9.17, 15) is 14.7 Å². The summed E-state index contributed by atoms with van der Waals surface area (Å²) in [5.41, 5.74) is 0.523. The Balaban J connectivity index is 1.50. The minimum absolute atomic E-state index is 0.0704. The number of carbonyl (C=O) groups excluding carboxylic acids is 2. The van der Waals surface area contributed by atoms with E-state index >= 15 is 0 Å². The van der Waals surface area contributed by atoms with Gasteiger partial charge in [-0.2, -0.15) is 0 Å². The molecule has 0 aromatic heterocycles. The van der Waals surface area contributed by atoms with Crippen LogP contribution in [0.3, 0.4) is 0 Å². The third-order valence-corrected chi connectivity index (χ3v) is 9.67. The van der Waals surface area contributed by atoms with E-state index in [1.807, 2.05) is 0 Å². The van der Waals surface area contributed by atoms with Crippen LogP contribution in [0, 0.1) is 22.7 Å². The molecule has 0 aliphatic heterocycles. The van der Waals surface area contributed by atoms with Crippen molar-refractivity contribution in [1.82, 2.24) is 0 Å². The van der Waals surface area contributed by atoms with E-state index in [0.29, 0.717) is 31.1 Å². The molecule has 4 aliphatic rings. The fourth-order valence-electron chi connectivity index (χ4n) is 7.95. The zero-order valence-electron chi connectivity index (χ0n) is 28.7. The highest BCUT2D eigenvalue weighted by Gasteiger charge is 2.60. The zero-order valence-corrected chi connectivity index (χ0v) is 22.7. The SMILES string of the molecule is [2H]C([2H])([2H])C(O)(CCCC1(C2CCC3/C(=C/C=C4/CC(OC(C)=O)C[C@H](OC(C)=O)C4=C)CCC[C@@]32C)CC1)C([2H])([2H])[2H]. The van der Waals surface area contributed by atoms with Crippen LogP contribution < -0.4 is 0 Å². The molecule has 37 heavy (non-hydrogen) atoms. The second-order valence-corrected chi connectivity index (χ2v) is 12.3. The van der Waals surface area contributed by atoms with Gasteiger partial charge in [0.2, 0.25) is 0 Å². The molecule has 0 radical (unpaired) electrons. The van der Waals surface area contributed by atoms with E-state index in [1.54, 1.807) is 0 Å². The fraction of sp³-hybridized carbons (Fsp3) is 0.750. The van der Waals surface area contributed by atoms with Gasteiger partial charge >= 0.3 is 11.9 Å². The van der Waals surface area contributed by atoms with Crippen LogP contribution in [0.2, 0.25) is 0 Å². The van der Waals surface area contributed by atoms with Crippen molar-refractivity contribution < 1.29 is 32.4 Å². The molecule has 3 unspecified atom stereocenters. The topological polar surface area (TPSA) is 72.8 Å². The first kappa shape index (κ1) is 21.0. The van der Waals surface area contributed by atoms with Crippen molar-refractivity contribution in [3.8, 4) is 0 Å². The van der Waals surface area contributed by atoms with Crippen LogP contribution in [0.15, 0.2) is 35.5 Å². The maximum absolute atomic E-state index is 11.7. The molecule has 4 fully saturated rings. The molecule has 206 valence electrons. The van der Waals surface area contributed by atoms with Gasteiger partial charge in [0.05, 0.1) is 5.60 Å². The van der Waals surface area contributed by atoms with Crippen LogP contribution in [0.25, 0.3) is 0 Å². The van der Waals surface area contributed by atoms with E-state index in [2.05, 4.69) is 25.7 Å². The number of fused-ring (bicyclic) bond motifs is 1. The summed E-state index contributed by atoms with van der Waals surface area (Å²) < 4.78 is 57.2. The van der Waals surface area contributed by atoms with E-state index < -0.39 is 31.4 Å². The first-order valence-corrected chi connectivity index (χ1v) is 14.0. The Morgan fingerprint density at radius 1 is 1.16 bits per heavy atom. The van der Waals surface area contributed by atoms with E-state index in [1.165, 1.54) is 19.4 Å². The maximum Gasteiger partial charge on any atom is 0.303 e. The number of allylic oxidation sites excluding steroid dienone is 3. The van der Waals surface area contributed by atoms with Crippen LogP contribution in [0.4, 0.5) is 0 Å². The molecule has 5 atom stereocenters. The van der Waals surface area contributed by atoms with Crippen molar-refractivity contribution >= 4 is 11.9 Å². The molecular formula is C32H48O5. The number of carbonyl (C=O) groups is 2. The third-order valence-electron chi connectivity index (χ3n) is 9.67. The highest BCUT2D eigenvalue weighted by molar-refractivity contribution is 5.67. The Morgan fingerprint density at radius 3 is 2.54 bits per heavy atom. The average molecular weight is 519 g/mol. The van der Waals surface area contributed by atoms with Gasteiger partial charge in [0.15, 0.2) is 0 Å². The Kier molecular flexibility index (Phi) is 6.08. The van der Waals surface area contributed by atoms with Crippen LogP contribution in [0.5, 0.6) is 0 Å². The van der Waals surface area contributed by atoms with E-state index in [-0.39, 0.29) is 29.3 Å². The summed E-state index contributed by atoms with van der Waals surface area (Å²) in [5.74, 6) is 0.101. The van der Waals surface area contributed by atoms with Crippen LogP contribution in [-0.2, 0) is 19.1 Å². The molecule has 0 aromatic carbocycles. The van der Waals surface area contributed by atoms with Crippen molar-refractivity contribution in [3.05, 3.63) is 35.5 Å². The molecule has 5 nitrogen and oxygen atoms in total. The number of esters is 2. The summed E-state index contributed by atoms with van der Waals surface area (Å²) in [6.45, 7) is 3.39. The van der Waals surface area contributed by atoms with Gasteiger partial charge in [0.1, 0.15) is 12.2 Å². The lowest BCUT2D eigenvalue weighted by molar-refractivity contribution is -0.152. The molecule has 4 rings (SSSR count). The minimum atomic E-state index is -2.98. The predicted molar refractivity (Wildman–Crippen MR) is 146 cm³/mol. The molecule has 0 amide bonds. The molecule has 5 heteroatoms. The second-order valence-electron chi connectivity index (χ2n) is 12.3. The highest BCUT2D eigenvalue weighted by Crippen LogP contribution is 2.70. The largest absolute Gasteiger partial charge is 0.462 e. The number of rotatable bonds is 8. The summed E-state index contributed by atoms with van der Waals surface area (Å²) in [6, 6.07) is 0. The Bertz CT molecular complexity index is 1150. The lowest BCUT2D eigenvalue weighted by Gasteiger charge is -2.45. The first-order chi connectivity index (χ1) is 19.8.